The third kappa shape index (κ3) is 1.77. The van der Waals surface area contributed by atoms with Crippen LogP contribution in [-0.2, 0) is 4.79 Å². The molecule has 0 spiro atoms. The minimum Gasteiger partial charge on any atom is -0.391 e. The molecule has 1 unspecified atom stereocenters. The Hall–Kier alpha value is -1.53. The van der Waals surface area contributed by atoms with Crippen LogP contribution in [0.15, 0.2) is 29.0 Å². The van der Waals surface area contributed by atoms with Crippen LogP contribution in [0.4, 0.5) is 5.69 Å². The molecule has 92 valence electrons. The summed E-state index contributed by atoms with van der Waals surface area (Å²) in [7, 11) is 0. The van der Waals surface area contributed by atoms with E-state index in [9.17, 15) is 9.90 Å². The smallest absolute Gasteiger partial charge is 0.229 e. The first kappa shape index (κ1) is 11.6. The average molecular weight is 308 g/mol. The van der Waals surface area contributed by atoms with Crippen LogP contribution in [0.2, 0.25) is 0 Å². The minimum absolute atomic E-state index is 0.0774. The lowest BCUT2D eigenvalue weighted by Crippen LogP contribution is -2.25. The number of aromatic nitrogens is 2. The Labute approximate surface area is 112 Å². The van der Waals surface area contributed by atoms with Gasteiger partial charge in [0.2, 0.25) is 5.91 Å². The minimum atomic E-state index is -0.595. The molecule has 1 aliphatic rings. The molecule has 1 amide bonds. The fourth-order valence-electron chi connectivity index (χ4n) is 2.12. The number of anilines is 1. The van der Waals surface area contributed by atoms with E-state index < -0.39 is 6.10 Å². The zero-order valence-corrected chi connectivity index (χ0v) is 11.0. The average Bonchev–Trinajstić information content (AvgIpc) is 2.69. The molecule has 2 heterocycles. The van der Waals surface area contributed by atoms with Crippen LogP contribution < -0.4 is 4.90 Å². The SMILES string of the molecule is O=C1CC(O)CN1c1ccc2nccnc2c1Br. The van der Waals surface area contributed by atoms with Crippen molar-refractivity contribution in [3.63, 3.8) is 0 Å². The van der Waals surface area contributed by atoms with E-state index in [1.54, 1.807) is 17.3 Å². The third-order valence-electron chi connectivity index (χ3n) is 2.95. The first-order valence-corrected chi connectivity index (χ1v) is 6.34. The normalized spacial score (nSPS) is 19.8. The number of aliphatic hydroxyl groups is 1. The summed E-state index contributed by atoms with van der Waals surface area (Å²) in [5.41, 5.74) is 2.20. The van der Waals surface area contributed by atoms with E-state index in [1.165, 1.54) is 0 Å². The zero-order valence-electron chi connectivity index (χ0n) is 9.38. The molecule has 1 atom stereocenters. The molecule has 1 N–H and O–H groups in total. The van der Waals surface area contributed by atoms with Gasteiger partial charge in [-0.15, -0.1) is 0 Å². The highest BCUT2D eigenvalue weighted by Crippen LogP contribution is 2.34. The van der Waals surface area contributed by atoms with Crippen molar-refractivity contribution in [1.82, 2.24) is 9.97 Å². The molecule has 1 fully saturated rings. The van der Waals surface area contributed by atoms with Crippen LogP contribution in [0.5, 0.6) is 0 Å². The summed E-state index contributed by atoms with van der Waals surface area (Å²) in [5, 5.41) is 9.53. The summed E-state index contributed by atoms with van der Waals surface area (Å²) in [5.74, 6) is -0.0774. The van der Waals surface area contributed by atoms with Crippen molar-refractivity contribution in [3.05, 3.63) is 29.0 Å². The lowest BCUT2D eigenvalue weighted by Gasteiger charge is -2.18. The number of halogens is 1. The van der Waals surface area contributed by atoms with Gasteiger partial charge in [0.1, 0.15) is 5.52 Å². The molecule has 0 bridgehead atoms. The van der Waals surface area contributed by atoms with Crippen LogP contribution in [0.25, 0.3) is 11.0 Å². The number of fused-ring (bicyclic) bond motifs is 1. The molecule has 1 aromatic heterocycles. The molecule has 1 aliphatic heterocycles. The number of aliphatic hydroxyl groups excluding tert-OH is 1. The van der Waals surface area contributed by atoms with Crippen LogP contribution in [-0.4, -0.2) is 33.6 Å². The van der Waals surface area contributed by atoms with Crippen molar-refractivity contribution >= 4 is 38.6 Å². The van der Waals surface area contributed by atoms with Crippen LogP contribution >= 0.6 is 15.9 Å². The van der Waals surface area contributed by atoms with Crippen molar-refractivity contribution < 1.29 is 9.90 Å². The molecule has 0 radical (unpaired) electrons. The maximum Gasteiger partial charge on any atom is 0.229 e. The summed E-state index contributed by atoms with van der Waals surface area (Å²) in [6, 6.07) is 3.64. The Bertz CT molecular complexity index is 632. The van der Waals surface area contributed by atoms with Crippen molar-refractivity contribution in [2.75, 3.05) is 11.4 Å². The summed E-state index contributed by atoms with van der Waals surface area (Å²) in [6.07, 6.45) is 2.81. The number of carbonyl (C=O) groups excluding carboxylic acids is 1. The van der Waals surface area contributed by atoms with Gasteiger partial charge >= 0.3 is 0 Å². The Kier molecular flexibility index (Phi) is 2.76. The number of rotatable bonds is 1. The predicted molar refractivity (Wildman–Crippen MR) is 70.2 cm³/mol. The largest absolute Gasteiger partial charge is 0.391 e. The molecule has 5 nitrogen and oxygen atoms in total. The van der Waals surface area contributed by atoms with Gasteiger partial charge in [0, 0.05) is 12.4 Å². The summed E-state index contributed by atoms with van der Waals surface area (Å²) in [4.78, 5) is 21.8. The van der Waals surface area contributed by atoms with Crippen LogP contribution in [0.3, 0.4) is 0 Å². The number of nitrogens with zero attached hydrogens (tertiary/aromatic N) is 3. The fourth-order valence-corrected chi connectivity index (χ4v) is 2.77. The Balaban J connectivity index is 2.13. The van der Waals surface area contributed by atoms with E-state index in [0.29, 0.717) is 12.1 Å². The van der Waals surface area contributed by atoms with Crippen molar-refractivity contribution in [1.29, 1.82) is 0 Å². The van der Waals surface area contributed by atoms with E-state index >= 15 is 0 Å². The zero-order chi connectivity index (χ0) is 12.7. The van der Waals surface area contributed by atoms with Crippen LogP contribution in [0.1, 0.15) is 6.42 Å². The molecule has 18 heavy (non-hydrogen) atoms. The molecule has 0 aliphatic carbocycles. The number of carbonyl (C=O) groups is 1. The molecule has 1 saturated heterocycles. The Morgan fingerprint density at radius 1 is 1.33 bits per heavy atom. The number of hydrogen-bond donors (Lipinski definition) is 1. The fraction of sp³-hybridized carbons (Fsp3) is 0.250. The molecule has 6 heteroatoms. The third-order valence-corrected chi connectivity index (χ3v) is 3.74. The summed E-state index contributed by atoms with van der Waals surface area (Å²) < 4.78 is 0.732. The number of hydrogen-bond acceptors (Lipinski definition) is 4. The van der Waals surface area contributed by atoms with E-state index in [4.69, 9.17) is 0 Å². The lowest BCUT2D eigenvalue weighted by molar-refractivity contribution is -0.117. The highest BCUT2D eigenvalue weighted by molar-refractivity contribution is 9.10. The van der Waals surface area contributed by atoms with Crippen LogP contribution in [0, 0.1) is 0 Å². The van der Waals surface area contributed by atoms with Crippen molar-refractivity contribution in [2.45, 2.75) is 12.5 Å². The number of β-amino-alcohol motifs (C(OH)–C–C–N with tert-alkyl or cyclic N) is 1. The van der Waals surface area contributed by atoms with Gasteiger partial charge in [-0.25, -0.2) is 0 Å². The maximum absolute atomic E-state index is 11.8. The standard InChI is InChI=1S/C12H10BrN3O2/c13-11-9(16-6-7(17)5-10(16)18)2-1-8-12(11)15-4-3-14-8/h1-4,7,17H,5-6H2. The first-order chi connectivity index (χ1) is 8.66. The van der Waals surface area contributed by atoms with E-state index in [0.717, 1.165) is 15.7 Å². The van der Waals surface area contributed by atoms with Gasteiger partial charge in [-0.1, -0.05) is 0 Å². The van der Waals surface area contributed by atoms with Gasteiger partial charge in [-0.3, -0.25) is 14.8 Å². The molecule has 2 aromatic rings. The van der Waals surface area contributed by atoms with Gasteiger partial charge in [0.05, 0.1) is 34.7 Å². The van der Waals surface area contributed by atoms with E-state index in [1.807, 2.05) is 12.1 Å². The number of amides is 1. The molecule has 3 rings (SSSR count). The second kappa shape index (κ2) is 4.29. The topological polar surface area (TPSA) is 66.3 Å². The van der Waals surface area contributed by atoms with Gasteiger partial charge in [0.15, 0.2) is 0 Å². The van der Waals surface area contributed by atoms with Gasteiger partial charge in [-0.2, -0.15) is 0 Å². The molecular formula is C12H10BrN3O2. The number of benzene rings is 1. The highest BCUT2D eigenvalue weighted by Gasteiger charge is 2.30. The van der Waals surface area contributed by atoms with Gasteiger partial charge in [0.25, 0.3) is 0 Å². The molecule has 0 saturated carbocycles. The van der Waals surface area contributed by atoms with Crippen molar-refractivity contribution in [2.24, 2.45) is 0 Å². The Morgan fingerprint density at radius 2 is 2.11 bits per heavy atom. The Morgan fingerprint density at radius 3 is 2.83 bits per heavy atom. The van der Waals surface area contributed by atoms with E-state index in [-0.39, 0.29) is 12.3 Å². The highest BCUT2D eigenvalue weighted by atomic mass is 79.9. The van der Waals surface area contributed by atoms with E-state index in [2.05, 4.69) is 25.9 Å². The molecular weight excluding hydrogens is 298 g/mol. The maximum atomic E-state index is 11.8. The summed E-state index contributed by atoms with van der Waals surface area (Å²) in [6.45, 7) is 0.323. The summed E-state index contributed by atoms with van der Waals surface area (Å²) >= 11 is 3.46. The first-order valence-electron chi connectivity index (χ1n) is 5.54. The lowest BCUT2D eigenvalue weighted by atomic mass is 10.2. The quantitative estimate of drug-likeness (QED) is 0.867. The predicted octanol–water partition coefficient (Wildman–Crippen LogP) is 1.49. The second-order valence-electron chi connectivity index (χ2n) is 4.19. The monoisotopic (exact) mass is 307 g/mol. The van der Waals surface area contributed by atoms with Gasteiger partial charge in [-0.05, 0) is 28.1 Å². The molecule has 1 aromatic carbocycles. The second-order valence-corrected chi connectivity index (χ2v) is 4.98. The van der Waals surface area contributed by atoms with Gasteiger partial charge < -0.3 is 10.0 Å². The van der Waals surface area contributed by atoms with Crippen molar-refractivity contribution in [3.8, 4) is 0 Å².